The number of nitrogens with zero attached hydrogens (tertiary/aromatic N) is 1. The van der Waals surface area contributed by atoms with E-state index in [9.17, 15) is 9.59 Å². The smallest absolute Gasteiger partial charge is 0.408 e. The first-order valence-corrected chi connectivity index (χ1v) is 16.1. The third-order valence-corrected chi connectivity index (χ3v) is 8.69. The van der Waals surface area contributed by atoms with Crippen molar-refractivity contribution in [1.29, 1.82) is 0 Å². The zero-order chi connectivity index (χ0) is 28.5. The van der Waals surface area contributed by atoms with Crippen LogP contribution in [0.1, 0.15) is 37.7 Å². The van der Waals surface area contributed by atoms with E-state index in [0.29, 0.717) is 12.1 Å². The summed E-state index contributed by atoms with van der Waals surface area (Å²) in [6, 6.07) is 32.3. The van der Waals surface area contributed by atoms with Gasteiger partial charge in [0.2, 0.25) is 5.91 Å². The van der Waals surface area contributed by atoms with Gasteiger partial charge in [-0.3, -0.25) is 4.79 Å². The second-order valence-electron chi connectivity index (χ2n) is 9.44. The van der Waals surface area contributed by atoms with Crippen LogP contribution in [0.15, 0.2) is 114 Å². The van der Waals surface area contributed by atoms with Crippen LogP contribution in [-0.2, 0) is 16.1 Å². The Labute approximate surface area is 250 Å². The molecule has 0 saturated heterocycles. The summed E-state index contributed by atoms with van der Waals surface area (Å²) in [4.78, 5) is 30.5. The molecule has 0 fully saturated rings. The summed E-state index contributed by atoms with van der Waals surface area (Å²) in [6.07, 6.45) is 5.65. The van der Waals surface area contributed by atoms with Crippen LogP contribution in [0.5, 0.6) is 0 Å². The summed E-state index contributed by atoms with van der Waals surface area (Å²) in [7, 11) is 3.50. The van der Waals surface area contributed by atoms with Crippen molar-refractivity contribution < 1.29 is 14.3 Å². The Hall–Kier alpha value is -3.75. The highest BCUT2D eigenvalue weighted by molar-refractivity contribution is 8.76. The number of pyridine rings is 1. The van der Waals surface area contributed by atoms with Crippen LogP contribution in [0.2, 0.25) is 0 Å². The highest BCUT2D eigenvalue weighted by atomic mass is 33.1. The standard InChI is InChI=1S/C33H35N3O3S2/c37-32(35-29-20-11-10-19-28(29)27-17-7-4-8-18-27)30(36-33(38)39-25-26-15-5-3-6-16-26)21-9-1-2-14-24-40-41-31-22-12-13-23-34-31/h3-8,10-13,15-20,22-23,30H,1-2,9,14,21,24-25H2,(H,35,37)(H,36,38)/t30-/m0/s1. The van der Waals surface area contributed by atoms with E-state index in [1.54, 1.807) is 27.8 Å². The first kappa shape index (κ1) is 30.2. The van der Waals surface area contributed by atoms with E-state index in [1.165, 1.54) is 0 Å². The van der Waals surface area contributed by atoms with Gasteiger partial charge in [0.25, 0.3) is 0 Å². The molecule has 2 N–H and O–H groups in total. The topological polar surface area (TPSA) is 80.3 Å². The highest BCUT2D eigenvalue weighted by Gasteiger charge is 2.22. The fourth-order valence-electron chi connectivity index (χ4n) is 4.22. The van der Waals surface area contributed by atoms with Gasteiger partial charge in [-0.15, -0.1) is 0 Å². The maximum atomic E-state index is 13.5. The molecule has 1 aromatic heterocycles. The molecule has 2 amide bonds. The summed E-state index contributed by atoms with van der Waals surface area (Å²) >= 11 is 0. The van der Waals surface area contributed by atoms with Crippen LogP contribution in [0.25, 0.3) is 11.1 Å². The lowest BCUT2D eigenvalue weighted by molar-refractivity contribution is -0.118. The van der Waals surface area contributed by atoms with E-state index < -0.39 is 12.1 Å². The summed E-state index contributed by atoms with van der Waals surface area (Å²) < 4.78 is 5.42. The summed E-state index contributed by atoms with van der Waals surface area (Å²) in [6.45, 7) is 0.145. The van der Waals surface area contributed by atoms with E-state index in [2.05, 4.69) is 15.6 Å². The molecule has 8 heteroatoms. The molecular weight excluding hydrogens is 551 g/mol. The van der Waals surface area contributed by atoms with Gasteiger partial charge in [-0.25, -0.2) is 9.78 Å². The van der Waals surface area contributed by atoms with Crippen molar-refractivity contribution in [1.82, 2.24) is 10.3 Å². The minimum atomic E-state index is -0.712. The first-order valence-electron chi connectivity index (χ1n) is 13.8. The number of para-hydroxylation sites is 1. The maximum absolute atomic E-state index is 13.5. The predicted molar refractivity (Wildman–Crippen MR) is 170 cm³/mol. The fraction of sp³-hybridized carbons (Fsp3) is 0.242. The Bertz CT molecular complexity index is 1340. The molecule has 0 aliphatic rings. The van der Waals surface area contributed by atoms with Gasteiger partial charge in [-0.05, 0) is 53.0 Å². The molecular formula is C33H35N3O3S2. The van der Waals surface area contributed by atoms with Crippen molar-refractivity contribution >= 4 is 39.3 Å². The lowest BCUT2D eigenvalue weighted by Gasteiger charge is -2.20. The number of amides is 2. The summed E-state index contributed by atoms with van der Waals surface area (Å²) in [5.74, 6) is 0.776. The Balaban J connectivity index is 1.30. The normalized spacial score (nSPS) is 11.4. The van der Waals surface area contributed by atoms with E-state index in [4.69, 9.17) is 4.74 Å². The Kier molecular flexibility index (Phi) is 12.6. The molecule has 0 unspecified atom stereocenters. The van der Waals surface area contributed by atoms with Crippen molar-refractivity contribution in [2.75, 3.05) is 11.1 Å². The molecule has 6 nitrogen and oxygen atoms in total. The Morgan fingerprint density at radius 2 is 1.49 bits per heavy atom. The average molecular weight is 586 g/mol. The van der Waals surface area contributed by atoms with Crippen LogP contribution >= 0.6 is 21.6 Å². The van der Waals surface area contributed by atoms with Gasteiger partial charge < -0.3 is 15.4 Å². The van der Waals surface area contributed by atoms with Gasteiger partial charge in [-0.2, -0.15) is 0 Å². The van der Waals surface area contributed by atoms with Gasteiger partial charge in [0, 0.05) is 23.2 Å². The highest BCUT2D eigenvalue weighted by Crippen LogP contribution is 2.30. The molecule has 3 aromatic carbocycles. The number of carbonyl (C=O) groups excluding carboxylic acids is 2. The average Bonchev–Trinajstić information content (AvgIpc) is 3.02. The molecule has 1 heterocycles. The molecule has 1 atom stereocenters. The lowest BCUT2D eigenvalue weighted by atomic mass is 10.0. The molecule has 0 bridgehead atoms. The minimum Gasteiger partial charge on any atom is -0.445 e. The fourth-order valence-corrected chi connectivity index (χ4v) is 6.24. The number of hydrogen-bond acceptors (Lipinski definition) is 6. The maximum Gasteiger partial charge on any atom is 0.408 e. The Morgan fingerprint density at radius 3 is 2.27 bits per heavy atom. The van der Waals surface area contributed by atoms with Crippen LogP contribution in [0.4, 0.5) is 10.5 Å². The predicted octanol–water partition coefficient (Wildman–Crippen LogP) is 8.37. The lowest BCUT2D eigenvalue weighted by Crippen LogP contribution is -2.44. The third kappa shape index (κ3) is 10.6. The van der Waals surface area contributed by atoms with E-state index >= 15 is 0 Å². The zero-order valence-corrected chi connectivity index (χ0v) is 24.5. The molecule has 0 radical (unpaired) electrons. The quantitative estimate of drug-likeness (QED) is 0.108. The van der Waals surface area contributed by atoms with Crippen LogP contribution in [0.3, 0.4) is 0 Å². The van der Waals surface area contributed by atoms with E-state index in [1.807, 2.05) is 103 Å². The second-order valence-corrected chi connectivity index (χ2v) is 11.9. The van der Waals surface area contributed by atoms with Crippen LogP contribution in [-0.4, -0.2) is 28.8 Å². The third-order valence-electron chi connectivity index (χ3n) is 6.34. The molecule has 0 saturated carbocycles. The second kappa shape index (κ2) is 17.1. The van der Waals surface area contributed by atoms with Crippen LogP contribution in [0, 0.1) is 0 Å². The van der Waals surface area contributed by atoms with Crippen molar-refractivity contribution in [3.8, 4) is 11.1 Å². The first-order chi connectivity index (χ1) is 20.2. The van der Waals surface area contributed by atoms with Crippen molar-refractivity contribution in [2.45, 2.75) is 49.8 Å². The number of rotatable bonds is 15. The van der Waals surface area contributed by atoms with Crippen molar-refractivity contribution in [3.05, 3.63) is 115 Å². The minimum absolute atomic E-state index is 0.145. The molecule has 41 heavy (non-hydrogen) atoms. The van der Waals surface area contributed by atoms with Crippen molar-refractivity contribution in [2.24, 2.45) is 0 Å². The van der Waals surface area contributed by atoms with Gasteiger partial charge in [-0.1, -0.05) is 115 Å². The number of alkyl carbamates (subject to hydrolysis) is 1. The number of ether oxygens (including phenoxy) is 1. The Morgan fingerprint density at radius 1 is 0.780 bits per heavy atom. The van der Waals surface area contributed by atoms with E-state index in [-0.39, 0.29) is 12.5 Å². The summed E-state index contributed by atoms with van der Waals surface area (Å²) in [5.41, 5.74) is 3.53. The van der Waals surface area contributed by atoms with E-state index in [0.717, 1.165) is 53.2 Å². The molecule has 0 aliphatic carbocycles. The number of benzene rings is 3. The number of carbonyl (C=O) groups is 2. The molecule has 212 valence electrons. The largest absolute Gasteiger partial charge is 0.445 e. The number of nitrogens with one attached hydrogen (secondary N) is 2. The summed E-state index contributed by atoms with van der Waals surface area (Å²) in [5, 5.41) is 6.88. The van der Waals surface area contributed by atoms with Crippen LogP contribution < -0.4 is 10.6 Å². The number of aromatic nitrogens is 1. The van der Waals surface area contributed by atoms with Gasteiger partial charge in [0.1, 0.15) is 17.7 Å². The zero-order valence-electron chi connectivity index (χ0n) is 22.9. The SMILES string of the molecule is O=C(N[C@@H](CCCCCCSSc1ccccn1)C(=O)Nc1ccccc1-c1ccccc1)OCc1ccccc1. The molecule has 0 spiro atoms. The molecule has 4 aromatic rings. The number of anilines is 1. The number of unbranched alkanes of at least 4 members (excludes halogenated alkanes) is 3. The van der Waals surface area contributed by atoms with Gasteiger partial charge in [0.15, 0.2) is 0 Å². The molecule has 4 rings (SSSR count). The van der Waals surface area contributed by atoms with Gasteiger partial charge >= 0.3 is 6.09 Å². The molecule has 0 aliphatic heterocycles. The van der Waals surface area contributed by atoms with Crippen molar-refractivity contribution in [3.63, 3.8) is 0 Å². The monoisotopic (exact) mass is 585 g/mol. The van der Waals surface area contributed by atoms with Gasteiger partial charge in [0.05, 0.1) is 0 Å². The number of hydrogen-bond donors (Lipinski definition) is 2.